The van der Waals surface area contributed by atoms with E-state index < -0.39 is 0 Å². The third-order valence-electron chi connectivity index (χ3n) is 7.21. The quantitative estimate of drug-likeness (QED) is 0.283. The number of rotatable bonds is 8. The molecule has 1 atom stereocenters. The summed E-state index contributed by atoms with van der Waals surface area (Å²) in [7, 11) is 0. The lowest BCUT2D eigenvalue weighted by Crippen LogP contribution is -2.19. The molecule has 0 aliphatic carbocycles. The van der Waals surface area contributed by atoms with Crippen molar-refractivity contribution >= 4 is 17.5 Å². The van der Waals surface area contributed by atoms with E-state index >= 15 is 0 Å². The second-order valence-corrected chi connectivity index (χ2v) is 12.4. The zero-order chi connectivity index (χ0) is 27.3. The number of benzene rings is 3. The van der Waals surface area contributed by atoms with Crippen LogP contribution in [0, 0.1) is 0 Å². The molecule has 0 saturated heterocycles. The molecule has 3 heteroatoms. The van der Waals surface area contributed by atoms with E-state index in [-0.39, 0.29) is 16.9 Å². The summed E-state index contributed by atoms with van der Waals surface area (Å²) in [5.74, 6) is 0.912. The van der Waals surface area contributed by atoms with E-state index in [0.717, 1.165) is 43.0 Å². The molecule has 0 radical (unpaired) electrons. The van der Waals surface area contributed by atoms with E-state index in [9.17, 15) is 0 Å². The number of hydrogen-bond donors (Lipinski definition) is 0. The van der Waals surface area contributed by atoms with Crippen molar-refractivity contribution in [3.05, 3.63) is 101 Å². The van der Waals surface area contributed by atoms with Gasteiger partial charge in [-0.05, 0) is 69.8 Å². The molecule has 0 aromatic heterocycles. The molecule has 1 aliphatic heterocycles. The molecule has 1 heterocycles. The van der Waals surface area contributed by atoms with E-state index in [4.69, 9.17) is 9.84 Å². The van der Waals surface area contributed by atoms with Crippen LogP contribution in [0.2, 0.25) is 0 Å². The molecule has 1 unspecified atom stereocenters. The molecule has 0 N–H and O–H groups in total. The van der Waals surface area contributed by atoms with Crippen molar-refractivity contribution in [2.24, 2.45) is 5.10 Å². The minimum atomic E-state index is 0.133. The standard InChI is InChI=1S/C35H44N2O/c1-8-9-24-38-32-22-20-31(21-23-32)37-33(27-13-17-29(18-14-27)35(5,6)7)25-30(36-37)19-12-26-10-15-28(16-11-26)34(2,3)4/h10-23,33H,8-9,24-25H2,1-7H3. The number of hydrazone groups is 1. The highest BCUT2D eigenvalue weighted by Gasteiger charge is 2.28. The van der Waals surface area contributed by atoms with Gasteiger partial charge in [-0.15, -0.1) is 0 Å². The van der Waals surface area contributed by atoms with E-state index in [2.05, 4.69) is 138 Å². The highest BCUT2D eigenvalue weighted by Crippen LogP contribution is 2.37. The first-order valence-electron chi connectivity index (χ1n) is 14.0. The summed E-state index contributed by atoms with van der Waals surface area (Å²) in [5, 5.41) is 7.26. The second-order valence-electron chi connectivity index (χ2n) is 12.4. The van der Waals surface area contributed by atoms with Crippen LogP contribution in [-0.2, 0) is 10.8 Å². The molecule has 0 bridgehead atoms. The third kappa shape index (κ3) is 6.95. The number of hydrogen-bond acceptors (Lipinski definition) is 3. The van der Waals surface area contributed by atoms with Crippen LogP contribution in [0.1, 0.15) is 96.0 Å². The zero-order valence-electron chi connectivity index (χ0n) is 24.3. The van der Waals surface area contributed by atoms with Crippen molar-refractivity contribution in [1.82, 2.24) is 0 Å². The van der Waals surface area contributed by atoms with Crippen molar-refractivity contribution in [1.29, 1.82) is 0 Å². The minimum absolute atomic E-state index is 0.133. The van der Waals surface area contributed by atoms with Gasteiger partial charge in [-0.3, -0.25) is 5.01 Å². The molecular weight excluding hydrogens is 464 g/mol. The van der Waals surface area contributed by atoms with E-state index in [1.54, 1.807) is 0 Å². The first-order chi connectivity index (χ1) is 18.0. The Morgan fingerprint density at radius 3 is 1.92 bits per heavy atom. The van der Waals surface area contributed by atoms with Crippen LogP contribution in [0.25, 0.3) is 6.08 Å². The molecule has 0 fully saturated rings. The summed E-state index contributed by atoms with van der Waals surface area (Å²) >= 11 is 0. The Morgan fingerprint density at radius 2 is 1.37 bits per heavy atom. The van der Waals surface area contributed by atoms with E-state index in [0.29, 0.717) is 0 Å². The number of ether oxygens (including phenoxy) is 1. The SMILES string of the molecule is CCCCOc1ccc(N2N=C(C=Cc3ccc(C(C)(C)C)cc3)CC2c2ccc(C(C)(C)C)cc2)cc1. The van der Waals surface area contributed by atoms with Gasteiger partial charge < -0.3 is 4.74 Å². The number of anilines is 1. The van der Waals surface area contributed by atoms with Crippen molar-refractivity contribution in [3.63, 3.8) is 0 Å². The van der Waals surface area contributed by atoms with Crippen LogP contribution in [-0.4, -0.2) is 12.3 Å². The molecule has 3 aromatic carbocycles. The normalized spacial score (nSPS) is 16.2. The Bertz CT molecular complexity index is 1240. The van der Waals surface area contributed by atoms with Crippen molar-refractivity contribution in [2.75, 3.05) is 11.6 Å². The summed E-state index contributed by atoms with van der Waals surface area (Å²) in [5.41, 5.74) is 7.62. The smallest absolute Gasteiger partial charge is 0.119 e. The number of unbranched alkanes of at least 4 members (excludes halogenated alkanes) is 1. The maximum Gasteiger partial charge on any atom is 0.119 e. The lowest BCUT2D eigenvalue weighted by atomic mass is 9.86. The summed E-state index contributed by atoms with van der Waals surface area (Å²) in [4.78, 5) is 0. The van der Waals surface area contributed by atoms with E-state index in [1.165, 1.54) is 22.3 Å². The monoisotopic (exact) mass is 508 g/mol. The topological polar surface area (TPSA) is 24.8 Å². The Morgan fingerprint density at radius 1 is 0.789 bits per heavy atom. The molecule has 0 amide bonds. The molecule has 0 saturated carbocycles. The highest BCUT2D eigenvalue weighted by molar-refractivity contribution is 6.01. The molecule has 200 valence electrons. The average molecular weight is 509 g/mol. The largest absolute Gasteiger partial charge is 0.494 e. The minimum Gasteiger partial charge on any atom is -0.494 e. The average Bonchev–Trinajstić information content (AvgIpc) is 3.32. The fraction of sp³-hybridized carbons (Fsp3) is 0.400. The third-order valence-corrected chi connectivity index (χ3v) is 7.21. The van der Waals surface area contributed by atoms with Gasteiger partial charge in [0.1, 0.15) is 5.75 Å². The van der Waals surface area contributed by atoms with Gasteiger partial charge in [0.2, 0.25) is 0 Å². The van der Waals surface area contributed by atoms with E-state index in [1.807, 2.05) is 0 Å². The lowest BCUT2D eigenvalue weighted by Gasteiger charge is -2.25. The van der Waals surface area contributed by atoms with Gasteiger partial charge in [-0.2, -0.15) is 5.10 Å². The van der Waals surface area contributed by atoms with Crippen molar-refractivity contribution in [3.8, 4) is 5.75 Å². The van der Waals surface area contributed by atoms with Gasteiger partial charge in [0.25, 0.3) is 0 Å². The molecule has 1 aliphatic rings. The molecule has 0 spiro atoms. The van der Waals surface area contributed by atoms with Gasteiger partial charge >= 0.3 is 0 Å². The number of nitrogens with zero attached hydrogens (tertiary/aromatic N) is 2. The van der Waals surface area contributed by atoms with Gasteiger partial charge in [0.05, 0.1) is 24.0 Å². The lowest BCUT2D eigenvalue weighted by molar-refractivity contribution is 0.309. The summed E-state index contributed by atoms with van der Waals surface area (Å²) in [6, 6.07) is 26.5. The fourth-order valence-corrected chi connectivity index (χ4v) is 4.65. The maximum atomic E-state index is 5.89. The van der Waals surface area contributed by atoms with Gasteiger partial charge in [-0.1, -0.05) is 109 Å². The summed E-state index contributed by atoms with van der Waals surface area (Å²) < 4.78 is 5.89. The molecular formula is C35H44N2O. The Labute approximate surface area is 230 Å². The predicted octanol–water partition coefficient (Wildman–Crippen LogP) is 9.48. The first kappa shape index (κ1) is 27.7. The zero-order valence-corrected chi connectivity index (χ0v) is 24.3. The van der Waals surface area contributed by atoms with Gasteiger partial charge in [-0.25, -0.2) is 0 Å². The van der Waals surface area contributed by atoms with Crippen LogP contribution >= 0.6 is 0 Å². The highest BCUT2D eigenvalue weighted by atomic mass is 16.5. The molecule has 3 aromatic rings. The van der Waals surface area contributed by atoms with Crippen molar-refractivity contribution in [2.45, 2.75) is 84.6 Å². The number of allylic oxidation sites excluding steroid dienone is 1. The molecule has 38 heavy (non-hydrogen) atoms. The fourth-order valence-electron chi connectivity index (χ4n) is 4.65. The summed E-state index contributed by atoms with van der Waals surface area (Å²) in [6.07, 6.45) is 7.41. The Balaban J connectivity index is 1.58. The molecule has 3 nitrogen and oxygen atoms in total. The Hall–Kier alpha value is -3.33. The predicted molar refractivity (Wildman–Crippen MR) is 163 cm³/mol. The van der Waals surface area contributed by atoms with Crippen LogP contribution in [0.4, 0.5) is 5.69 Å². The summed E-state index contributed by atoms with van der Waals surface area (Å²) in [6.45, 7) is 16.5. The van der Waals surface area contributed by atoms with Crippen LogP contribution in [0.5, 0.6) is 5.75 Å². The van der Waals surface area contributed by atoms with Crippen LogP contribution in [0.3, 0.4) is 0 Å². The second kappa shape index (κ2) is 11.6. The maximum absolute atomic E-state index is 5.89. The van der Waals surface area contributed by atoms with Crippen LogP contribution < -0.4 is 9.75 Å². The van der Waals surface area contributed by atoms with Crippen LogP contribution in [0.15, 0.2) is 84.0 Å². The van der Waals surface area contributed by atoms with Gasteiger partial charge in [0.15, 0.2) is 0 Å². The van der Waals surface area contributed by atoms with Crippen molar-refractivity contribution < 1.29 is 4.74 Å². The molecule has 4 rings (SSSR count). The van der Waals surface area contributed by atoms with Gasteiger partial charge in [0, 0.05) is 6.42 Å². The first-order valence-corrected chi connectivity index (χ1v) is 14.0. The Kier molecular flexibility index (Phi) is 8.45.